The summed E-state index contributed by atoms with van der Waals surface area (Å²) in [5, 5.41) is 10.6. The number of nitrogens with zero attached hydrogens (tertiary/aromatic N) is 3. The Hall–Kier alpha value is -1.20. The number of hydrogen-bond donors (Lipinski definition) is 1. The fraction of sp³-hybridized carbons (Fsp3) is 0.583. The average molecular weight is 271 g/mol. The number of carbonyl (C=O) groups is 1. The zero-order chi connectivity index (χ0) is 13.5. The number of nitrogens with one attached hydrogen (secondary N) is 1. The number of hydrogen-bond acceptors (Lipinski definition) is 4. The summed E-state index contributed by atoms with van der Waals surface area (Å²) >= 11 is 5.62. The molecule has 18 heavy (non-hydrogen) atoms. The molecule has 0 aliphatic rings. The van der Waals surface area contributed by atoms with Gasteiger partial charge in [0.15, 0.2) is 10.8 Å². The van der Waals surface area contributed by atoms with Gasteiger partial charge in [-0.3, -0.25) is 4.79 Å². The van der Waals surface area contributed by atoms with Crippen LogP contribution in [0.4, 0.5) is 0 Å². The monoisotopic (exact) mass is 270 g/mol. The molecular formula is C12H19ClN4O. The predicted molar refractivity (Wildman–Crippen MR) is 71.8 cm³/mol. The molecule has 1 unspecified atom stereocenters. The van der Waals surface area contributed by atoms with E-state index in [1.807, 2.05) is 6.92 Å². The van der Waals surface area contributed by atoms with Crippen molar-refractivity contribution in [2.45, 2.75) is 26.8 Å². The molecule has 0 aromatic carbocycles. The summed E-state index contributed by atoms with van der Waals surface area (Å²) in [7, 11) is 0. The molecule has 1 amide bonds. The Labute approximate surface area is 113 Å². The van der Waals surface area contributed by atoms with Crippen LogP contribution in [0.2, 0.25) is 5.15 Å². The third-order valence-corrected chi connectivity index (χ3v) is 2.87. The molecule has 1 atom stereocenters. The lowest BCUT2D eigenvalue weighted by atomic mass is 10.2. The second kappa shape index (κ2) is 7.28. The van der Waals surface area contributed by atoms with Crippen molar-refractivity contribution >= 4 is 17.5 Å². The molecule has 0 bridgehead atoms. The molecular weight excluding hydrogens is 252 g/mol. The van der Waals surface area contributed by atoms with Crippen molar-refractivity contribution in [2.24, 2.45) is 0 Å². The van der Waals surface area contributed by atoms with Gasteiger partial charge in [0.2, 0.25) is 0 Å². The molecule has 0 fully saturated rings. The zero-order valence-electron chi connectivity index (χ0n) is 11.0. The van der Waals surface area contributed by atoms with Crippen LogP contribution in [0.1, 0.15) is 31.3 Å². The SMILES string of the molecule is CCN(CC)CC(C)NC(=O)c1ccc(Cl)nn1. The predicted octanol–water partition coefficient (Wildman–Crippen LogP) is 1.59. The number of halogens is 1. The maximum absolute atomic E-state index is 11.8. The van der Waals surface area contributed by atoms with E-state index in [0.717, 1.165) is 19.6 Å². The van der Waals surface area contributed by atoms with Crippen LogP contribution in [0, 0.1) is 0 Å². The Morgan fingerprint density at radius 3 is 2.56 bits per heavy atom. The second-order valence-corrected chi connectivity index (χ2v) is 4.49. The summed E-state index contributed by atoms with van der Waals surface area (Å²) in [5.74, 6) is -0.223. The molecule has 0 saturated heterocycles. The van der Waals surface area contributed by atoms with Gasteiger partial charge in [-0.1, -0.05) is 25.4 Å². The van der Waals surface area contributed by atoms with Crippen LogP contribution in [0.25, 0.3) is 0 Å². The first-order valence-electron chi connectivity index (χ1n) is 6.09. The lowest BCUT2D eigenvalue weighted by Crippen LogP contribution is -2.42. The van der Waals surface area contributed by atoms with E-state index in [0.29, 0.717) is 0 Å². The van der Waals surface area contributed by atoms with Gasteiger partial charge in [0.05, 0.1) is 0 Å². The van der Waals surface area contributed by atoms with Crippen LogP contribution < -0.4 is 5.32 Å². The van der Waals surface area contributed by atoms with Crippen molar-refractivity contribution in [3.63, 3.8) is 0 Å². The Balaban J connectivity index is 2.51. The first-order valence-corrected chi connectivity index (χ1v) is 6.47. The largest absolute Gasteiger partial charge is 0.347 e. The molecule has 1 rings (SSSR count). The van der Waals surface area contributed by atoms with Crippen LogP contribution in [-0.4, -0.2) is 46.7 Å². The maximum atomic E-state index is 11.8. The third-order valence-electron chi connectivity index (χ3n) is 2.67. The second-order valence-electron chi connectivity index (χ2n) is 4.10. The minimum atomic E-state index is -0.223. The molecule has 0 aliphatic carbocycles. The summed E-state index contributed by atoms with van der Waals surface area (Å²) < 4.78 is 0. The highest BCUT2D eigenvalue weighted by Gasteiger charge is 2.13. The van der Waals surface area contributed by atoms with E-state index < -0.39 is 0 Å². The average Bonchev–Trinajstić information content (AvgIpc) is 2.36. The first kappa shape index (κ1) is 14.9. The molecule has 5 nitrogen and oxygen atoms in total. The number of carbonyl (C=O) groups excluding carboxylic acids is 1. The molecule has 1 N–H and O–H groups in total. The molecule has 0 spiro atoms. The van der Waals surface area contributed by atoms with E-state index in [1.54, 1.807) is 12.1 Å². The van der Waals surface area contributed by atoms with E-state index in [1.165, 1.54) is 0 Å². The van der Waals surface area contributed by atoms with Crippen molar-refractivity contribution in [3.05, 3.63) is 23.0 Å². The van der Waals surface area contributed by atoms with E-state index in [9.17, 15) is 4.79 Å². The number of rotatable bonds is 6. The maximum Gasteiger partial charge on any atom is 0.272 e. The normalized spacial score (nSPS) is 12.5. The van der Waals surface area contributed by atoms with Gasteiger partial charge in [-0.2, -0.15) is 0 Å². The van der Waals surface area contributed by atoms with Crippen molar-refractivity contribution in [1.29, 1.82) is 0 Å². The number of likely N-dealkylation sites (N-methyl/N-ethyl adjacent to an activating group) is 1. The Kier molecular flexibility index (Phi) is 6.01. The molecule has 1 aromatic heterocycles. The molecule has 100 valence electrons. The van der Waals surface area contributed by atoms with Crippen molar-refractivity contribution in [3.8, 4) is 0 Å². The zero-order valence-corrected chi connectivity index (χ0v) is 11.7. The Bertz CT molecular complexity index is 378. The number of aromatic nitrogens is 2. The van der Waals surface area contributed by atoms with Crippen molar-refractivity contribution < 1.29 is 4.79 Å². The summed E-state index contributed by atoms with van der Waals surface area (Å²) in [6, 6.07) is 3.18. The van der Waals surface area contributed by atoms with Crippen LogP contribution >= 0.6 is 11.6 Å². The minimum absolute atomic E-state index is 0.0647. The van der Waals surface area contributed by atoms with Crippen LogP contribution in [-0.2, 0) is 0 Å². The molecule has 1 heterocycles. The van der Waals surface area contributed by atoms with E-state index in [-0.39, 0.29) is 22.8 Å². The van der Waals surface area contributed by atoms with Gasteiger partial charge in [0.1, 0.15) is 0 Å². The van der Waals surface area contributed by atoms with Gasteiger partial charge in [-0.05, 0) is 32.1 Å². The quantitative estimate of drug-likeness (QED) is 0.853. The van der Waals surface area contributed by atoms with E-state index in [2.05, 4.69) is 34.3 Å². The standard InChI is InChI=1S/C12H19ClN4O/c1-4-17(5-2)8-9(3)14-12(18)10-6-7-11(13)16-15-10/h6-7,9H,4-5,8H2,1-3H3,(H,14,18). The lowest BCUT2D eigenvalue weighted by Gasteiger charge is -2.23. The van der Waals surface area contributed by atoms with Crippen LogP contribution in [0.5, 0.6) is 0 Å². The van der Waals surface area contributed by atoms with Gasteiger partial charge < -0.3 is 10.2 Å². The fourth-order valence-electron chi connectivity index (χ4n) is 1.65. The molecule has 0 saturated carbocycles. The molecule has 0 radical (unpaired) electrons. The highest BCUT2D eigenvalue weighted by molar-refractivity contribution is 6.29. The van der Waals surface area contributed by atoms with Crippen molar-refractivity contribution in [1.82, 2.24) is 20.4 Å². The Morgan fingerprint density at radius 1 is 1.39 bits per heavy atom. The smallest absolute Gasteiger partial charge is 0.272 e. The highest BCUT2D eigenvalue weighted by Crippen LogP contribution is 2.02. The van der Waals surface area contributed by atoms with Crippen molar-refractivity contribution in [2.75, 3.05) is 19.6 Å². The summed E-state index contributed by atoms with van der Waals surface area (Å²) in [4.78, 5) is 14.1. The lowest BCUT2D eigenvalue weighted by molar-refractivity contribution is 0.0924. The van der Waals surface area contributed by atoms with Gasteiger partial charge in [0, 0.05) is 12.6 Å². The minimum Gasteiger partial charge on any atom is -0.347 e. The van der Waals surface area contributed by atoms with Crippen LogP contribution in [0.15, 0.2) is 12.1 Å². The third kappa shape index (κ3) is 4.58. The Morgan fingerprint density at radius 2 is 2.06 bits per heavy atom. The van der Waals surface area contributed by atoms with E-state index in [4.69, 9.17) is 11.6 Å². The van der Waals surface area contributed by atoms with Gasteiger partial charge in [0.25, 0.3) is 5.91 Å². The van der Waals surface area contributed by atoms with Gasteiger partial charge >= 0.3 is 0 Å². The summed E-state index contributed by atoms with van der Waals surface area (Å²) in [6.45, 7) is 8.93. The van der Waals surface area contributed by atoms with E-state index >= 15 is 0 Å². The molecule has 0 aliphatic heterocycles. The topological polar surface area (TPSA) is 58.1 Å². The van der Waals surface area contributed by atoms with Gasteiger partial charge in [-0.15, -0.1) is 10.2 Å². The highest BCUT2D eigenvalue weighted by atomic mass is 35.5. The number of amides is 1. The first-order chi connectivity index (χ1) is 8.56. The summed E-state index contributed by atoms with van der Waals surface area (Å²) in [5.41, 5.74) is 0.283. The fourth-order valence-corrected chi connectivity index (χ4v) is 1.75. The van der Waals surface area contributed by atoms with Gasteiger partial charge in [-0.25, -0.2) is 0 Å². The molecule has 1 aromatic rings. The van der Waals surface area contributed by atoms with Crippen LogP contribution in [0.3, 0.4) is 0 Å². The summed E-state index contributed by atoms with van der Waals surface area (Å²) in [6.07, 6.45) is 0. The molecule has 6 heteroatoms.